The molecule has 1 aromatic rings. The van der Waals surface area contributed by atoms with Crippen LogP contribution in [0.1, 0.15) is 12.0 Å². The maximum absolute atomic E-state index is 11.7. The molecule has 0 heterocycles. The largest absolute Gasteiger partial charge is 0.481 e. The van der Waals surface area contributed by atoms with Crippen LogP contribution in [0.4, 0.5) is 4.79 Å². The maximum Gasteiger partial charge on any atom is 0.409 e. The van der Waals surface area contributed by atoms with Gasteiger partial charge < -0.3 is 31.8 Å². The zero-order chi connectivity index (χ0) is 18.3. The Hall–Kier alpha value is -2.98. The lowest BCUT2D eigenvalue weighted by Gasteiger charge is -2.13. The summed E-state index contributed by atoms with van der Waals surface area (Å²) in [6.45, 7) is 0. The SMILES string of the molecule is NC(=O)Oc1ccc(C[C@H](N)C(=O)OC(=O)[C@@H](N)CC(=O)O)cc1. The molecular weight excluding hydrogens is 322 g/mol. The number of hydrogen-bond donors (Lipinski definition) is 4. The molecule has 0 bridgehead atoms. The van der Waals surface area contributed by atoms with E-state index in [1.54, 1.807) is 12.1 Å². The summed E-state index contributed by atoms with van der Waals surface area (Å²) in [7, 11) is 0. The highest BCUT2D eigenvalue weighted by atomic mass is 16.6. The van der Waals surface area contributed by atoms with Crippen LogP contribution in [-0.4, -0.2) is 41.2 Å². The number of hydrogen-bond acceptors (Lipinski definition) is 8. The number of rotatable bonds is 7. The number of carbonyl (C=O) groups is 4. The van der Waals surface area contributed by atoms with Crippen LogP contribution >= 0.6 is 0 Å². The third-order valence-corrected chi connectivity index (χ3v) is 2.80. The van der Waals surface area contributed by atoms with E-state index < -0.39 is 42.5 Å². The molecule has 0 aromatic heterocycles. The molecule has 0 aliphatic carbocycles. The number of carboxylic acid groups (broad SMARTS) is 1. The lowest BCUT2D eigenvalue weighted by molar-refractivity contribution is -0.163. The quantitative estimate of drug-likeness (QED) is 0.353. The van der Waals surface area contributed by atoms with Gasteiger partial charge in [-0.25, -0.2) is 14.4 Å². The van der Waals surface area contributed by atoms with Crippen molar-refractivity contribution in [2.24, 2.45) is 17.2 Å². The number of aliphatic carboxylic acids is 1. The lowest BCUT2D eigenvalue weighted by atomic mass is 10.1. The summed E-state index contributed by atoms with van der Waals surface area (Å²) in [6.07, 6.45) is -1.58. The Morgan fingerprint density at radius 2 is 1.54 bits per heavy atom. The topological polar surface area (TPSA) is 185 Å². The third kappa shape index (κ3) is 6.42. The number of carboxylic acids is 1. The van der Waals surface area contributed by atoms with Crippen LogP contribution in [0.25, 0.3) is 0 Å². The molecule has 0 aliphatic heterocycles. The van der Waals surface area contributed by atoms with Crippen LogP contribution in [0.15, 0.2) is 24.3 Å². The normalized spacial score (nSPS) is 12.8. The van der Waals surface area contributed by atoms with Crippen LogP contribution in [0, 0.1) is 0 Å². The summed E-state index contributed by atoms with van der Waals surface area (Å²) in [5.41, 5.74) is 16.4. The molecule has 24 heavy (non-hydrogen) atoms. The third-order valence-electron chi connectivity index (χ3n) is 2.80. The van der Waals surface area contributed by atoms with Gasteiger partial charge in [0.15, 0.2) is 0 Å². The summed E-state index contributed by atoms with van der Waals surface area (Å²) in [6, 6.07) is 3.38. The van der Waals surface area contributed by atoms with Gasteiger partial charge in [0.2, 0.25) is 0 Å². The van der Waals surface area contributed by atoms with Gasteiger partial charge in [0.05, 0.1) is 6.42 Å². The summed E-state index contributed by atoms with van der Waals surface area (Å²) in [5.74, 6) is -3.27. The number of carbonyl (C=O) groups excluding carboxylic acids is 3. The first-order valence-corrected chi connectivity index (χ1v) is 6.73. The van der Waals surface area contributed by atoms with E-state index >= 15 is 0 Å². The van der Waals surface area contributed by atoms with Crippen molar-refractivity contribution >= 4 is 24.0 Å². The van der Waals surface area contributed by atoms with Crippen LogP contribution in [0.2, 0.25) is 0 Å². The van der Waals surface area contributed by atoms with Gasteiger partial charge in [-0.2, -0.15) is 0 Å². The summed E-state index contributed by atoms with van der Waals surface area (Å²) >= 11 is 0. The van der Waals surface area contributed by atoms with Gasteiger partial charge in [0.25, 0.3) is 0 Å². The van der Waals surface area contributed by atoms with E-state index in [4.69, 9.17) is 22.3 Å². The van der Waals surface area contributed by atoms with E-state index in [2.05, 4.69) is 9.47 Å². The van der Waals surface area contributed by atoms with E-state index in [-0.39, 0.29) is 12.2 Å². The van der Waals surface area contributed by atoms with Crippen LogP contribution in [0.3, 0.4) is 0 Å². The Labute approximate surface area is 136 Å². The highest BCUT2D eigenvalue weighted by Crippen LogP contribution is 2.13. The van der Waals surface area contributed by atoms with E-state index in [1.807, 2.05) is 0 Å². The van der Waals surface area contributed by atoms with E-state index in [0.29, 0.717) is 5.56 Å². The molecule has 0 spiro atoms. The fraction of sp³-hybridized carbons (Fsp3) is 0.286. The van der Waals surface area contributed by atoms with Crippen molar-refractivity contribution in [3.63, 3.8) is 0 Å². The molecule has 0 radical (unpaired) electrons. The summed E-state index contributed by atoms with van der Waals surface area (Å²) in [4.78, 5) is 44.2. The predicted octanol–water partition coefficient (Wildman–Crippen LogP) is -1.11. The number of nitrogens with two attached hydrogens (primary N) is 3. The Balaban J connectivity index is 2.56. The van der Waals surface area contributed by atoms with Gasteiger partial charge in [0.1, 0.15) is 17.8 Å². The van der Waals surface area contributed by atoms with Crippen molar-refractivity contribution in [2.45, 2.75) is 24.9 Å². The number of ether oxygens (including phenoxy) is 2. The Kier molecular flexibility index (Phi) is 6.83. The number of primary amides is 1. The Morgan fingerprint density at radius 3 is 2.04 bits per heavy atom. The van der Waals surface area contributed by atoms with Crippen molar-refractivity contribution in [1.29, 1.82) is 0 Å². The fourth-order valence-corrected chi connectivity index (χ4v) is 1.67. The van der Waals surface area contributed by atoms with Crippen LogP contribution in [-0.2, 0) is 25.5 Å². The first-order valence-electron chi connectivity index (χ1n) is 6.73. The average Bonchev–Trinajstić information content (AvgIpc) is 2.47. The molecule has 1 amide bonds. The van der Waals surface area contributed by atoms with Gasteiger partial charge in [-0.3, -0.25) is 4.79 Å². The molecule has 0 saturated carbocycles. The van der Waals surface area contributed by atoms with Crippen LogP contribution < -0.4 is 21.9 Å². The number of esters is 2. The number of amides is 1. The van der Waals surface area contributed by atoms with E-state index in [9.17, 15) is 19.2 Å². The highest BCUT2D eigenvalue weighted by molar-refractivity contribution is 5.92. The molecule has 1 aromatic carbocycles. The van der Waals surface area contributed by atoms with Crippen molar-refractivity contribution in [1.82, 2.24) is 0 Å². The molecule has 1 rings (SSSR count). The van der Waals surface area contributed by atoms with Gasteiger partial charge in [-0.1, -0.05) is 12.1 Å². The van der Waals surface area contributed by atoms with Crippen molar-refractivity contribution < 1.29 is 33.8 Å². The zero-order valence-electron chi connectivity index (χ0n) is 12.5. The zero-order valence-corrected chi connectivity index (χ0v) is 12.5. The standard InChI is InChI=1S/C14H17N3O7/c15-9(12(20)24-13(21)10(16)6-11(18)19)5-7-1-3-8(4-2-7)23-14(17)22/h1-4,9-10H,5-6,15-16H2,(H2,17,22)(H,18,19)/t9-,10-/m0/s1. The molecule has 0 fully saturated rings. The molecule has 130 valence electrons. The van der Waals surface area contributed by atoms with E-state index in [0.717, 1.165) is 0 Å². The monoisotopic (exact) mass is 339 g/mol. The molecular formula is C14H17N3O7. The van der Waals surface area contributed by atoms with Crippen molar-refractivity contribution in [3.05, 3.63) is 29.8 Å². The van der Waals surface area contributed by atoms with Gasteiger partial charge >= 0.3 is 24.0 Å². The molecule has 10 nitrogen and oxygen atoms in total. The molecule has 7 N–H and O–H groups in total. The van der Waals surface area contributed by atoms with Crippen molar-refractivity contribution in [3.8, 4) is 5.75 Å². The van der Waals surface area contributed by atoms with Crippen molar-refractivity contribution in [2.75, 3.05) is 0 Å². The Morgan fingerprint density at radius 1 is 1.00 bits per heavy atom. The first-order chi connectivity index (χ1) is 11.2. The molecule has 0 aliphatic rings. The molecule has 0 saturated heterocycles. The minimum Gasteiger partial charge on any atom is -0.481 e. The minimum atomic E-state index is -1.45. The number of benzene rings is 1. The average molecular weight is 339 g/mol. The second-order valence-electron chi connectivity index (χ2n) is 4.82. The summed E-state index contributed by atoms with van der Waals surface area (Å²) in [5, 5.41) is 8.51. The first kappa shape index (κ1) is 19.1. The summed E-state index contributed by atoms with van der Waals surface area (Å²) < 4.78 is 9.09. The fourth-order valence-electron chi connectivity index (χ4n) is 1.67. The molecule has 10 heteroatoms. The second kappa shape index (κ2) is 8.60. The smallest absolute Gasteiger partial charge is 0.409 e. The second-order valence-corrected chi connectivity index (χ2v) is 4.82. The van der Waals surface area contributed by atoms with Gasteiger partial charge in [-0.15, -0.1) is 0 Å². The van der Waals surface area contributed by atoms with Gasteiger partial charge in [-0.05, 0) is 24.1 Å². The van der Waals surface area contributed by atoms with E-state index in [1.165, 1.54) is 12.1 Å². The van der Waals surface area contributed by atoms with Crippen LogP contribution in [0.5, 0.6) is 5.75 Å². The predicted molar refractivity (Wildman–Crippen MR) is 79.7 cm³/mol. The minimum absolute atomic E-state index is 0.0388. The lowest BCUT2D eigenvalue weighted by Crippen LogP contribution is -2.41. The molecule has 2 atom stereocenters. The highest BCUT2D eigenvalue weighted by Gasteiger charge is 2.25. The van der Waals surface area contributed by atoms with Gasteiger partial charge in [0, 0.05) is 0 Å². The maximum atomic E-state index is 11.7. The Bertz CT molecular complexity index is 630. The molecule has 0 unspecified atom stereocenters.